The average Bonchev–Trinajstić information content (AvgIpc) is 2.49. The maximum atomic E-state index is 12.2. The summed E-state index contributed by atoms with van der Waals surface area (Å²) in [5.74, 6) is 0.673. The van der Waals surface area contributed by atoms with E-state index in [1.165, 1.54) is 0 Å². The first-order valence-electron chi connectivity index (χ1n) is 7.95. The van der Waals surface area contributed by atoms with Gasteiger partial charge in [-0.2, -0.15) is 0 Å². The van der Waals surface area contributed by atoms with Crippen molar-refractivity contribution in [3.05, 3.63) is 0 Å². The zero-order valence-corrected chi connectivity index (χ0v) is 13.3. The van der Waals surface area contributed by atoms with Crippen LogP contribution in [0, 0.1) is 5.92 Å². The second-order valence-corrected chi connectivity index (χ2v) is 5.52. The summed E-state index contributed by atoms with van der Waals surface area (Å²) < 4.78 is 5.32. The van der Waals surface area contributed by atoms with Crippen LogP contribution < -0.4 is 10.6 Å². The number of ketones is 1. The molecule has 5 nitrogen and oxygen atoms in total. The molecule has 0 aliphatic carbocycles. The van der Waals surface area contributed by atoms with Gasteiger partial charge >= 0.3 is 0 Å². The van der Waals surface area contributed by atoms with Crippen molar-refractivity contribution >= 4 is 5.78 Å². The quantitative estimate of drug-likeness (QED) is 0.573. The number of nitrogens with zero attached hydrogens (tertiary/aromatic N) is 1. The molecule has 2 atom stereocenters. The Bertz CT molecular complexity index is 268. The SMILES string of the molecule is CCNC(C(=O)CNCCN1CCOCC1)C(C)CC. The number of likely N-dealkylation sites (N-methyl/N-ethyl adjacent to an activating group) is 1. The minimum Gasteiger partial charge on any atom is -0.379 e. The van der Waals surface area contributed by atoms with Crippen LogP contribution >= 0.6 is 0 Å². The molecule has 0 spiro atoms. The van der Waals surface area contributed by atoms with Crippen molar-refractivity contribution in [2.24, 2.45) is 5.92 Å². The lowest BCUT2D eigenvalue weighted by atomic mass is 9.95. The summed E-state index contributed by atoms with van der Waals surface area (Å²) in [5.41, 5.74) is 0. The van der Waals surface area contributed by atoms with Gasteiger partial charge in [0.25, 0.3) is 0 Å². The third-order valence-corrected chi connectivity index (χ3v) is 3.99. The Balaban J connectivity index is 2.19. The fourth-order valence-electron chi connectivity index (χ4n) is 2.47. The highest BCUT2D eigenvalue weighted by Crippen LogP contribution is 2.08. The van der Waals surface area contributed by atoms with Gasteiger partial charge in [-0.1, -0.05) is 27.2 Å². The smallest absolute Gasteiger partial charge is 0.163 e. The van der Waals surface area contributed by atoms with Crippen molar-refractivity contribution in [2.45, 2.75) is 33.2 Å². The van der Waals surface area contributed by atoms with E-state index in [1.54, 1.807) is 0 Å². The van der Waals surface area contributed by atoms with Crippen LogP contribution in [0.1, 0.15) is 27.2 Å². The number of carbonyl (C=O) groups excluding carboxylic acids is 1. The lowest BCUT2D eigenvalue weighted by Gasteiger charge is -2.27. The van der Waals surface area contributed by atoms with Gasteiger partial charge in [0, 0.05) is 26.2 Å². The number of rotatable bonds is 10. The molecule has 1 heterocycles. The zero-order chi connectivity index (χ0) is 14.8. The Labute approximate surface area is 123 Å². The van der Waals surface area contributed by atoms with Crippen LogP contribution in [0.25, 0.3) is 0 Å². The highest BCUT2D eigenvalue weighted by atomic mass is 16.5. The summed E-state index contributed by atoms with van der Waals surface area (Å²) in [4.78, 5) is 14.6. The van der Waals surface area contributed by atoms with Crippen LogP contribution in [0.5, 0.6) is 0 Å². The van der Waals surface area contributed by atoms with Crippen molar-refractivity contribution < 1.29 is 9.53 Å². The Morgan fingerprint density at radius 1 is 1.30 bits per heavy atom. The summed E-state index contributed by atoms with van der Waals surface area (Å²) in [6.45, 7) is 13.1. The number of carbonyl (C=O) groups is 1. The minimum absolute atomic E-state index is 0.0131. The van der Waals surface area contributed by atoms with Gasteiger partial charge in [0.05, 0.1) is 25.8 Å². The number of nitrogens with one attached hydrogen (secondary N) is 2. The molecule has 1 fully saturated rings. The molecule has 2 N–H and O–H groups in total. The second kappa shape index (κ2) is 10.3. The Kier molecular flexibility index (Phi) is 9.02. The summed E-state index contributed by atoms with van der Waals surface area (Å²) in [6.07, 6.45) is 1.02. The maximum absolute atomic E-state index is 12.2. The van der Waals surface area contributed by atoms with Crippen LogP contribution in [0.3, 0.4) is 0 Å². The van der Waals surface area contributed by atoms with Gasteiger partial charge in [0.1, 0.15) is 0 Å². The first-order chi connectivity index (χ1) is 9.69. The molecule has 5 heteroatoms. The Morgan fingerprint density at radius 2 is 2.00 bits per heavy atom. The fraction of sp³-hybridized carbons (Fsp3) is 0.933. The molecule has 0 aromatic heterocycles. The van der Waals surface area contributed by atoms with Crippen LogP contribution in [0.2, 0.25) is 0 Å². The van der Waals surface area contributed by atoms with E-state index in [0.29, 0.717) is 12.5 Å². The number of Topliss-reactive ketones (excluding diaryl/α,β-unsaturated/α-hetero) is 1. The highest BCUT2D eigenvalue weighted by molar-refractivity contribution is 5.86. The first kappa shape index (κ1) is 17.6. The summed E-state index contributed by atoms with van der Waals surface area (Å²) >= 11 is 0. The van der Waals surface area contributed by atoms with Gasteiger partial charge in [0.2, 0.25) is 0 Å². The van der Waals surface area contributed by atoms with Gasteiger partial charge in [-0.3, -0.25) is 9.69 Å². The van der Waals surface area contributed by atoms with Crippen molar-refractivity contribution in [3.8, 4) is 0 Å². The van der Waals surface area contributed by atoms with Gasteiger partial charge < -0.3 is 15.4 Å². The number of morpholine rings is 1. The molecule has 1 aliphatic rings. The van der Waals surface area contributed by atoms with E-state index in [1.807, 2.05) is 0 Å². The predicted molar refractivity (Wildman–Crippen MR) is 82.1 cm³/mol. The van der Waals surface area contributed by atoms with Crippen LogP contribution in [-0.4, -0.2) is 69.2 Å². The molecule has 118 valence electrons. The molecular weight excluding hydrogens is 254 g/mol. The number of hydrogen-bond donors (Lipinski definition) is 2. The molecule has 1 aliphatic heterocycles. The lowest BCUT2D eigenvalue weighted by molar-refractivity contribution is -0.121. The van der Waals surface area contributed by atoms with E-state index in [9.17, 15) is 4.79 Å². The van der Waals surface area contributed by atoms with E-state index in [0.717, 1.165) is 52.4 Å². The average molecular weight is 285 g/mol. The second-order valence-electron chi connectivity index (χ2n) is 5.52. The third kappa shape index (κ3) is 6.31. The van der Waals surface area contributed by atoms with Gasteiger partial charge in [-0.05, 0) is 12.5 Å². The van der Waals surface area contributed by atoms with Crippen molar-refractivity contribution in [2.75, 3.05) is 52.5 Å². The van der Waals surface area contributed by atoms with Crippen LogP contribution in [0.15, 0.2) is 0 Å². The van der Waals surface area contributed by atoms with E-state index in [4.69, 9.17) is 4.74 Å². The van der Waals surface area contributed by atoms with E-state index in [-0.39, 0.29) is 11.8 Å². The minimum atomic E-state index is -0.0131. The number of hydrogen-bond acceptors (Lipinski definition) is 5. The van der Waals surface area contributed by atoms with Crippen LogP contribution in [-0.2, 0) is 9.53 Å². The maximum Gasteiger partial charge on any atom is 0.163 e. The Hall–Kier alpha value is -0.490. The molecular formula is C15H31N3O2. The summed E-state index contributed by atoms with van der Waals surface area (Å²) in [7, 11) is 0. The summed E-state index contributed by atoms with van der Waals surface area (Å²) in [5, 5.41) is 6.59. The zero-order valence-electron chi connectivity index (χ0n) is 13.3. The van der Waals surface area contributed by atoms with Crippen molar-refractivity contribution in [3.63, 3.8) is 0 Å². The molecule has 0 bridgehead atoms. The highest BCUT2D eigenvalue weighted by Gasteiger charge is 2.22. The molecule has 1 saturated heterocycles. The molecule has 0 amide bonds. The topological polar surface area (TPSA) is 53.6 Å². The molecule has 2 unspecified atom stereocenters. The molecule has 0 saturated carbocycles. The molecule has 20 heavy (non-hydrogen) atoms. The molecule has 0 aromatic rings. The van der Waals surface area contributed by atoms with Crippen molar-refractivity contribution in [1.82, 2.24) is 15.5 Å². The van der Waals surface area contributed by atoms with Crippen molar-refractivity contribution in [1.29, 1.82) is 0 Å². The largest absolute Gasteiger partial charge is 0.379 e. The van der Waals surface area contributed by atoms with Gasteiger partial charge in [-0.15, -0.1) is 0 Å². The molecule has 1 rings (SSSR count). The fourth-order valence-corrected chi connectivity index (χ4v) is 2.47. The Morgan fingerprint density at radius 3 is 2.60 bits per heavy atom. The van der Waals surface area contributed by atoms with E-state index < -0.39 is 0 Å². The first-order valence-corrected chi connectivity index (χ1v) is 7.95. The van der Waals surface area contributed by atoms with Crippen LogP contribution in [0.4, 0.5) is 0 Å². The van der Waals surface area contributed by atoms with E-state index in [2.05, 4.69) is 36.3 Å². The van der Waals surface area contributed by atoms with Gasteiger partial charge in [0.15, 0.2) is 5.78 Å². The third-order valence-electron chi connectivity index (χ3n) is 3.99. The standard InChI is InChI=1S/C15H31N3O2/c1-4-13(3)15(17-5-2)14(19)12-16-6-7-18-8-10-20-11-9-18/h13,15-17H,4-12H2,1-3H3. The van der Waals surface area contributed by atoms with E-state index >= 15 is 0 Å². The monoisotopic (exact) mass is 285 g/mol. The molecule has 0 aromatic carbocycles. The predicted octanol–water partition coefficient (Wildman–Crippen LogP) is 0.502. The lowest BCUT2D eigenvalue weighted by Crippen LogP contribution is -2.47. The number of ether oxygens (including phenoxy) is 1. The summed E-state index contributed by atoms with van der Waals surface area (Å²) in [6, 6.07) is -0.0131. The molecule has 0 radical (unpaired) electrons. The normalized spacial score (nSPS) is 19.8. The van der Waals surface area contributed by atoms with Gasteiger partial charge in [-0.25, -0.2) is 0 Å².